The number of benzene rings is 2. The summed E-state index contributed by atoms with van der Waals surface area (Å²) in [4.78, 5) is 0. The number of aliphatic hydroxyl groups is 2. The van der Waals surface area contributed by atoms with Crippen LogP contribution < -0.4 is 9.47 Å². The van der Waals surface area contributed by atoms with Gasteiger partial charge in [-0.3, -0.25) is 0 Å². The van der Waals surface area contributed by atoms with Gasteiger partial charge in [0.15, 0.2) is 0 Å². The van der Waals surface area contributed by atoms with Crippen LogP contribution in [0.15, 0.2) is 48.5 Å². The van der Waals surface area contributed by atoms with E-state index in [1.165, 1.54) is 0 Å². The Morgan fingerprint density at radius 3 is 1.96 bits per heavy atom. The third-order valence-corrected chi connectivity index (χ3v) is 4.05. The molecule has 0 saturated heterocycles. The monoisotopic (exact) mass is 316 g/mol. The maximum absolute atomic E-state index is 11.0. The van der Waals surface area contributed by atoms with Crippen molar-refractivity contribution in [3.05, 3.63) is 59.7 Å². The van der Waals surface area contributed by atoms with Gasteiger partial charge in [0.25, 0.3) is 0 Å². The van der Waals surface area contributed by atoms with Crippen molar-refractivity contribution >= 4 is 0 Å². The minimum Gasteiger partial charge on any atom is -0.496 e. The summed E-state index contributed by atoms with van der Waals surface area (Å²) in [5.74, 6) is 1.21. The first kappa shape index (κ1) is 17.3. The molecule has 0 aliphatic rings. The first-order valence-electron chi connectivity index (χ1n) is 7.77. The highest BCUT2D eigenvalue weighted by molar-refractivity contribution is 5.41. The molecule has 0 bridgehead atoms. The van der Waals surface area contributed by atoms with E-state index in [-0.39, 0.29) is 12.5 Å². The van der Waals surface area contributed by atoms with Crippen LogP contribution in [0, 0.1) is 0 Å². The van der Waals surface area contributed by atoms with Crippen LogP contribution in [0.5, 0.6) is 11.5 Å². The second-order valence-corrected chi connectivity index (χ2v) is 5.40. The van der Waals surface area contributed by atoms with E-state index >= 15 is 0 Å². The summed E-state index contributed by atoms with van der Waals surface area (Å²) in [6.07, 6.45) is 0.513. The van der Waals surface area contributed by atoms with Gasteiger partial charge in [-0.1, -0.05) is 36.4 Å². The Labute approximate surface area is 137 Å². The van der Waals surface area contributed by atoms with E-state index in [4.69, 9.17) is 9.47 Å². The fourth-order valence-corrected chi connectivity index (χ4v) is 2.89. The van der Waals surface area contributed by atoms with Crippen molar-refractivity contribution in [2.45, 2.75) is 24.9 Å². The Morgan fingerprint density at radius 2 is 1.39 bits per heavy atom. The molecular formula is C19H24O4. The second kappa shape index (κ2) is 8.56. The zero-order valence-electron chi connectivity index (χ0n) is 13.6. The van der Waals surface area contributed by atoms with Gasteiger partial charge in [0.1, 0.15) is 11.5 Å². The Bertz CT molecular complexity index is 612. The Hall–Kier alpha value is -2.04. The van der Waals surface area contributed by atoms with Crippen LogP contribution in [0.25, 0.3) is 0 Å². The summed E-state index contributed by atoms with van der Waals surface area (Å²) >= 11 is 0. The normalized spacial score (nSPS) is 13.4. The number of hydrogen-bond acceptors (Lipinski definition) is 4. The molecule has 124 valence electrons. The first-order valence-corrected chi connectivity index (χ1v) is 7.77. The van der Waals surface area contributed by atoms with E-state index in [0.29, 0.717) is 18.6 Å². The van der Waals surface area contributed by atoms with Crippen LogP contribution >= 0.6 is 0 Å². The topological polar surface area (TPSA) is 58.9 Å². The van der Waals surface area contributed by atoms with Crippen molar-refractivity contribution in [1.82, 2.24) is 0 Å². The molecule has 2 N–H and O–H groups in total. The highest BCUT2D eigenvalue weighted by Gasteiger charge is 2.27. The molecule has 0 aliphatic carbocycles. The SMILES string of the molecule is COc1ccccc1C(O)C(CCCO)c1ccccc1OC. The molecule has 4 heteroatoms. The van der Waals surface area contributed by atoms with E-state index in [1.54, 1.807) is 14.2 Å². The van der Waals surface area contributed by atoms with Crippen LogP contribution in [-0.4, -0.2) is 31.0 Å². The molecule has 0 heterocycles. The number of hydrogen-bond donors (Lipinski definition) is 2. The smallest absolute Gasteiger partial charge is 0.124 e. The fourth-order valence-electron chi connectivity index (χ4n) is 2.89. The van der Waals surface area contributed by atoms with E-state index in [0.717, 1.165) is 16.9 Å². The summed E-state index contributed by atoms with van der Waals surface area (Å²) in [6, 6.07) is 15.1. The minimum absolute atomic E-state index is 0.0876. The lowest BCUT2D eigenvalue weighted by Crippen LogP contribution is -2.14. The summed E-state index contributed by atoms with van der Waals surface area (Å²) in [5, 5.41) is 20.2. The Morgan fingerprint density at radius 1 is 0.870 bits per heavy atom. The average molecular weight is 316 g/mol. The van der Waals surface area contributed by atoms with Gasteiger partial charge in [0, 0.05) is 23.7 Å². The maximum atomic E-state index is 11.0. The van der Waals surface area contributed by atoms with Gasteiger partial charge in [0.05, 0.1) is 20.3 Å². The lowest BCUT2D eigenvalue weighted by atomic mass is 9.85. The van der Waals surface area contributed by atoms with Gasteiger partial charge in [-0.15, -0.1) is 0 Å². The lowest BCUT2D eigenvalue weighted by molar-refractivity contribution is 0.130. The highest BCUT2D eigenvalue weighted by Crippen LogP contribution is 2.41. The Balaban J connectivity index is 2.41. The third kappa shape index (κ3) is 4.03. The van der Waals surface area contributed by atoms with Crippen molar-refractivity contribution in [3.63, 3.8) is 0 Å². The van der Waals surface area contributed by atoms with E-state index in [2.05, 4.69) is 0 Å². The van der Waals surface area contributed by atoms with Gasteiger partial charge >= 0.3 is 0 Å². The molecule has 0 saturated carbocycles. The predicted octanol–water partition coefficient (Wildman–Crippen LogP) is 3.29. The second-order valence-electron chi connectivity index (χ2n) is 5.40. The fraction of sp³-hybridized carbons (Fsp3) is 0.368. The summed E-state index contributed by atoms with van der Waals surface area (Å²) in [6.45, 7) is 0.0876. The Kier molecular flexibility index (Phi) is 6.44. The van der Waals surface area contributed by atoms with Crippen molar-refractivity contribution in [2.24, 2.45) is 0 Å². The number of para-hydroxylation sites is 2. The average Bonchev–Trinajstić information content (AvgIpc) is 2.62. The van der Waals surface area contributed by atoms with Crippen molar-refractivity contribution in [2.75, 3.05) is 20.8 Å². The molecule has 0 fully saturated rings. The molecule has 2 aromatic carbocycles. The lowest BCUT2D eigenvalue weighted by Gasteiger charge is -2.26. The van der Waals surface area contributed by atoms with Crippen molar-refractivity contribution < 1.29 is 19.7 Å². The van der Waals surface area contributed by atoms with E-state index in [9.17, 15) is 10.2 Å². The molecule has 2 aromatic rings. The van der Waals surface area contributed by atoms with Crippen LogP contribution in [0.2, 0.25) is 0 Å². The van der Waals surface area contributed by atoms with Crippen LogP contribution in [-0.2, 0) is 0 Å². The summed E-state index contributed by atoms with van der Waals surface area (Å²) < 4.78 is 10.8. The molecule has 23 heavy (non-hydrogen) atoms. The summed E-state index contributed by atoms with van der Waals surface area (Å²) in [5.41, 5.74) is 1.67. The highest BCUT2D eigenvalue weighted by atomic mass is 16.5. The number of rotatable bonds is 8. The molecule has 2 atom stereocenters. The summed E-state index contributed by atoms with van der Waals surface area (Å²) in [7, 11) is 3.22. The molecule has 0 spiro atoms. The van der Waals surface area contributed by atoms with Gasteiger partial charge in [-0.05, 0) is 25.0 Å². The van der Waals surface area contributed by atoms with Gasteiger partial charge < -0.3 is 19.7 Å². The van der Waals surface area contributed by atoms with Crippen molar-refractivity contribution in [3.8, 4) is 11.5 Å². The molecule has 0 aliphatic heterocycles. The molecule has 2 unspecified atom stereocenters. The minimum atomic E-state index is -0.742. The standard InChI is InChI=1S/C19H24O4/c1-22-17-11-5-3-8-14(17)15(10-7-13-20)19(21)16-9-4-6-12-18(16)23-2/h3-6,8-9,11-12,15,19-21H,7,10,13H2,1-2H3. The number of aliphatic hydroxyl groups excluding tert-OH is 2. The molecule has 2 rings (SSSR count). The quantitative estimate of drug-likeness (QED) is 0.784. The van der Waals surface area contributed by atoms with E-state index < -0.39 is 6.10 Å². The predicted molar refractivity (Wildman–Crippen MR) is 90.0 cm³/mol. The number of ether oxygens (including phenoxy) is 2. The first-order chi connectivity index (χ1) is 11.2. The third-order valence-electron chi connectivity index (χ3n) is 4.05. The van der Waals surface area contributed by atoms with E-state index in [1.807, 2.05) is 48.5 Å². The molecule has 0 aromatic heterocycles. The number of methoxy groups -OCH3 is 2. The molecule has 0 amide bonds. The largest absolute Gasteiger partial charge is 0.496 e. The van der Waals surface area contributed by atoms with Crippen molar-refractivity contribution in [1.29, 1.82) is 0 Å². The van der Waals surface area contributed by atoms with Crippen LogP contribution in [0.3, 0.4) is 0 Å². The molecule has 0 radical (unpaired) electrons. The van der Waals surface area contributed by atoms with Gasteiger partial charge in [0.2, 0.25) is 0 Å². The van der Waals surface area contributed by atoms with Crippen LogP contribution in [0.1, 0.15) is 36.0 Å². The zero-order valence-corrected chi connectivity index (χ0v) is 13.6. The van der Waals surface area contributed by atoms with Gasteiger partial charge in [-0.25, -0.2) is 0 Å². The zero-order chi connectivity index (χ0) is 16.7. The maximum Gasteiger partial charge on any atom is 0.124 e. The molecular weight excluding hydrogens is 292 g/mol. The van der Waals surface area contributed by atoms with Crippen LogP contribution in [0.4, 0.5) is 0 Å². The molecule has 4 nitrogen and oxygen atoms in total. The van der Waals surface area contributed by atoms with Gasteiger partial charge in [-0.2, -0.15) is 0 Å².